The molecule has 0 amide bonds. The van der Waals surface area contributed by atoms with Gasteiger partial charge in [-0.05, 0) is 24.3 Å². The van der Waals surface area contributed by atoms with E-state index < -0.39 is 0 Å². The van der Waals surface area contributed by atoms with Crippen molar-refractivity contribution in [3.8, 4) is 17.1 Å². The topological polar surface area (TPSA) is 52.3 Å². The molecular weight excluding hydrogens is 264 g/mol. The number of nitrogens with zero attached hydrogens (tertiary/aromatic N) is 4. The predicted octanol–water partition coefficient (Wildman–Crippen LogP) is 2.95. The summed E-state index contributed by atoms with van der Waals surface area (Å²) in [6.45, 7) is 0. The molecule has 21 heavy (non-hydrogen) atoms. The summed E-state index contributed by atoms with van der Waals surface area (Å²) in [5.41, 5.74) is 1.71. The average Bonchev–Trinajstić information content (AvgIpc) is 2.99. The number of hydrogen-bond donors (Lipinski definition) is 0. The first kappa shape index (κ1) is 11.8. The third kappa shape index (κ3) is 1.82. The molecule has 0 unspecified atom stereocenters. The molecule has 0 radical (unpaired) electrons. The van der Waals surface area contributed by atoms with Crippen molar-refractivity contribution >= 4 is 16.4 Å². The zero-order valence-corrected chi connectivity index (χ0v) is 11.4. The van der Waals surface area contributed by atoms with Gasteiger partial charge >= 0.3 is 0 Å². The average molecular weight is 276 g/mol. The first-order valence-corrected chi connectivity index (χ1v) is 6.60. The number of aromatic nitrogens is 4. The van der Waals surface area contributed by atoms with Crippen molar-refractivity contribution in [1.82, 2.24) is 19.8 Å². The molecule has 0 atom stereocenters. The smallest absolute Gasteiger partial charge is 0.186 e. The molecule has 4 aromatic rings. The van der Waals surface area contributed by atoms with Crippen LogP contribution in [-0.4, -0.2) is 26.9 Å². The zero-order valence-electron chi connectivity index (χ0n) is 11.4. The quantitative estimate of drug-likeness (QED) is 0.565. The van der Waals surface area contributed by atoms with Crippen molar-refractivity contribution < 1.29 is 4.74 Å². The molecule has 2 aromatic carbocycles. The minimum absolute atomic E-state index is 0.721. The lowest BCUT2D eigenvalue weighted by molar-refractivity contribution is 0.415. The van der Waals surface area contributed by atoms with Crippen molar-refractivity contribution in [3.05, 3.63) is 54.7 Å². The highest BCUT2D eigenvalue weighted by Gasteiger charge is 2.11. The second-order valence-electron chi connectivity index (χ2n) is 4.72. The van der Waals surface area contributed by atoms with Crippen LogP contribution in [0.2, 0.25) is 0 Å². The van der Waals surface area contributed by atoms with E-state index in [-0.39, 0.29) is 0 Å². The number of fused-ring (bicyclic) bond motifs is 3. The van der Waals surface area contributed by atoms with Crippen LogP contribution in [0.1, 0.15) is 0 Å². The van der Waals surface area contributed by atoms with Gasteiger partial charge in [0.2, 0.25) is 0 Å². The Morgan fingerprint density at radius 3 is 2.57 bits per heavy atom. The van der Waals surface area contributed by atoms with E-state index in [9.17, 15) is 0 Å². The monoisotopic (exact) mass is 276 g/mol. The summed E-state index contributed by atoms with van der Waals surface area (Å²) < 4.78 is 6.94. The second kappa shape index (κ2) is 4.56. The van der Waals surface area contributed by atoms with Crippen LogP contribution in [-0.2, 0) is 0 Å². The number of benzene rings is 2. The van der Waals surface area contributed by atoms with Gasteiger partial charge in [-0.15, -0.1) is 10.2 Å². The molecule has 0 saturated heterocycles. The van der Waals surface area contributed by atoms with Gasteiger partial charge in [0.05, 0.1) is 13.3 Å². The number of hydrogen-bond acceptors (Lipinski definition) is 4. The number of ether oxygens (including phenoxy) is 1. The molecule has 0 fully saturated rings. The van der Waals surface area contributed by atoms with Crippen molar-refractivity contribution in [2.45, 2.75) is 0 Å². The Balaban J connectivity index is 1.95. The minimum atomic E-state index is 0.721. The standard InChI is InChI=1S/C16H12N4O/c1-21-13-8-6-11(7-9-13)15-18-19-16-14-5-3-2-4-12(14)10-17-20(15)16/h2-10H,1H3. The Bertz CT molecular complexity index is 928. The van der Waals surface area contributed by atoms with Gasteiger partial charge in [0.15, 0.2) is 11.5 Å². The summed E-state index contributed by atoms with van der Waals surface area (Å²) in [6, 6.07) is 15.7. The van der Waals surface area contributed by atoms with E-state index in [2.05, 4.69) is 15.3 Å². The number of methoxy groups -OCH3 is 1. The van der Waals surface area contributed by atoms with Crippen molar-refractivity contribution in [2.24, 2.45) is 0 Å². The van der Waals surface area contributed by atoms with Crippen LogP contribution in [0.25, 0.3) is 27.8 Å². The van der Waals surface area contributed by atoms with E-state index in [4.69, 9.17) is 4.74 Å². The normalized spacial score (nSPS) is 11.1. The summed E-state index contributed by atoms with van der Waals surface area (Å²) in [7, 11) is 1.65. The van der Waals surface area contributed by atoms with Gasteiger partial charge < -0.3 is 4.74 Å². The van der Waals surface area contributed by atoms with Crippen molar-refractivity contribution in [2.75, 3.05) is 7.11 Å². The Morgan fingerprint density at radius 1 is 0.952 bits per heavy atom. The number of rotatable bonds is 2. The molecule has 0 bridgehead atoms. The van der Waals surface area contributed by atoms with Crippen LogP contribution in [0.4, 0.5) is 0 Å². The van der Waals surface area contributed by atoms with Gasteiger partial charge in [0, 0.05) is 16.3 Å². The fourth-order valence-electron chi connectivity index (χ4n) is 2.41. The van der Waals surface area contributed by atoms with Crippen LogP contribution in [0.15, 0.2) is 54.7 Å². The molecular formula is C16H12N4O. The van der Waals surface area contributed by atoms with E-state index in [1.807, 2.05) is 54.7 Å². The van der Waals surface area contributed by atoms with E-state index in [1.54, 1.807) is 11.6 Å². The van der Waals surface area contributed by atoms with Crippen LogP contribution in [0.3, 0.4) is 0 Å². The van der Waals surface area contributed by atoms with Gasteiger partial charge in [0.25, 0.3) is 0 Å². The molecule has 0 aliphatic carbocycles. The fraction of sp³-hybridized carbons (Fsp3) is 0.0625. The molecule has 5 nitrogen and oxygen atoms in total. The third-order valence-electron chi connectivity index (χ3n) is 3.50. The third-order valence-corrected chi connectivity index (χ3v) is 3.50. The summed E-state index contributed by atoms with van der Waals surface area (Å²) >= 11 is 0. The Kier molecular flexibility index (Phi) is 2.57. The molecule has 2 aromatic heterocycles. The highest BCUT2D eigenvalue weighted by molar-refractivity contribution is 5.93. The van der Waals surface area contributed by atoms with E-state index in [0.717, 1.165) is 33.6 Å². The maximum absolute atomic E-state index is 5.17. The van der Waals surface area contributed by atoms with Crippen molar-refractivity contribution in [1.29, 1.82) is 0 Å². The molecule has 2 heterocycles. The predicted molar refractivity (Wildman–Crippen MR) is 80.3 cm³/mol. The van der Waals surface area contributed by atoms with Crippen molar-refractivity contribution in [3.63, 3.8) is 0 Å². The zero-order chi connectivity index (χ0) is 14.2. The van der Waals surface area contributed by atoms with E-state index in [1.165, 1.54) is 0 Å². The first-order chi connectivity index (χ1) is 10.4. The summed E-state index contributed by atoms with van der Waals surface area (Å²) in [5.74, 6) is 1.53. The van der Waals surface area contributed by atoms with E-state index in [0.29, 0.717) is 0 Å². The Hall–Kier alpha value is -2.95. The van der Waals surface area contributed by atoms with Gasteiger partial charge in [-0.3, -0.25) is 0 Å². The molecule has 0 saturated carbocycles. The second-order valence-corrected chi connectivity index (χ2v) is 4.72. The highest BCUT2D eigenvalue weighted by atomic mass is 16.5. The summed E-state index contributed by atoms with van der Waals surface area (Å²) in [6.07, 6.45) is 1.83. The van der Waals surface area contributed by atoms with Crippen LogP contribution in [0, 0.1) is 0 Å². The lowest BCUT2D eigenvalue weighted by Crippen LogP contribution is -1.95. The summed E-state index contributed by atoms with van der Waals surface area (Å²) in [4.78, 5) is 0. The lowest BCUT2D eigenvalue weighted by Gasteiger charge is -2.03. The minimum Gasteiger partial charge on any atom is -0.497 e. The SMILES string of the molecule is COc1ccc(-c2nnc3c4ccccc4cnn23)cc1. The molecule has 5 heteroatoms. The van der Waals surface area contributed by atoms with Gasteiger partial charge in [-0.1, -0.05) is 24.3 Å². The highest BCUT2D eigenvalue weighted by Crippen LogP contribution is 2.23. The maximum atomic E-state index is 5.17. The molecule has 4 rings (SSSR count). The molecule has 102 valence electrons. The fourth-order valence-corrected chi connectivity index (χ4v) is 2.41. The van der Waals surface area contributed by atoms with Crippen LogP contribution < -0.4 is 4.74 Å². The first-order valence-electron chi connectivity index (χ1n) is 6.60. The summed E-state index contributed by atoms with van der Waals surface area (Å²) in [5, 5.41) is 15.1. The molecule has 0 aliphatic heterocycles. The largest absolute Gasteiger partial charge is 0.497 e. The maximum Gasteiger partial charge on any atom is 0.186 e. The molecule has 0 aliphatic rings. The molecule has 0 spiro atoms. The van der Waals surface area contributed by atoms with Gasteiger partial charge in [-0.2, -0.15) is 9.61 Å². The van der Waals surface area contributed by atoms with Crippen LogP contribution in [0.5, 0.6) is 5.75 Å². The Labute approximate surface area is 120 Å². The lowest BCUT2D eigenvalue weighted by atomic mass is 10.2. The Morgan fingerprint density at radius 2 is 1.76 bits per heavy atom. The van der Waals surface area contributed by atoms with Gasteiger partial charge in [0.1, 0.15) is 5.75 Å². The van der Waals surface area contributed by atoms with Gasteiger partial charge in [-0.25, -0.2) is 0 Å². The van der Waals surface area contributed by atoms with Crippen LogP contribution >= 0.6 is 0 Å². The molecule has 0 N–H and O–H groups in total. The van der Waals surface area contributed by atoms with E-state index >= 15 is 0 Å².